The van der Waals surface area contributed by atoms with Gasteiger partial charge in [0, 0.05) is 18.7 Å². The summed E-state index contributed by atoms with van der Waals surface area (Å²) >= 11 is 0. The molecule has 2 amide bonds. The minimum absolute atomic E-state index is 0.240. The molecule has 7 heteroatoms. The first kappa shape index (κ1) is 18.0. The highest BCUT2D eigenvalue weighted by Crippen LogP contribution is 2.30. The first-order valence-corrected chi connectivity index (χ1v) is 8.84. The van der Waals surface area contributed by atoms with Crippen molar-refractivity contribution in [3.05, 3.63) is 36.1 Å². The van der Waals surface area contributed by atoms with Crippen molar-refractivity contribution in [3.8, 4) is 11.3 Å². The Balaban J connectivity index is 1.72. The number of piperidine rings is 1. The van der Waals surface area contributed by atoms with Crippen molar-refractivity contribution >= 4 is 17.7 Å². The average molecular weight is 357 g/mol. The van der Waals surface area contributed by atoms with Crippen molar-refractivity contribution in [2.75, 3.05) is 25.0 Å². The molecule has 2 aromatic rings. The van der Waals surface area contributed by atoms with Crippen LogP contribution >= 0.6 is 0 Å². The summed E-state index contributed by atoms with van der Waals surface area (Å²) in [5, 5.41) is 6.97. The fourth-order valence-electron chi connectivity index (χ4n) is 3.11. The minimum atomic E-state index is -0.272. The van der Waals surface area contributed by atoms with Crippen molar-refractivity contribution in [3.63, 3.8) is 0 Å². The number of amides is 2. The summed E-state index contributed by atoms with van der Waals surface area (Å²) in [4.78, 5) is 26.3. The lowest BCUT2D eigenvalue weighted by molar-refractivity contribution is -0.149. The molecule has 0 saturated carbocycles. The lowest BCUT2D eigenvalue weighted by atomic mass is 9.98. The predicted molar refractivity (Wildman–Crippen MR) is 96.6 cm³/mol. The van der Waals surface area contributed by atoms with E-state index < -0.39 is 0 Å². The summed E-state index contributed by atoms with van der Waals surface area (Å²) in [5.41, 5.74) is 2.01. The van der Waals surface area contributed by atoms with E-state index >= 15 is 0 Å². The maximum Gasteiger partial charge on any atom is 0.322 e. The average Bonchev–Trinajstić information content (AvgIpc) is 3.03. The fourth-order valence-corrected chi connectivity index (χ4v) is 3.11. The van der Waals surface area contributed by atoms with Crippen LogP contribution in [-0.4, -0.2) is 41.8 Å². The zero-order chi connectivity index (χ0) is 18.5. The molecule has 0 radical (unpaired) electrons. The number of hydrogen-bond donors (Lipinski definition) is 1. The summed E-state index contributed by atoms with van der Waals surface area (Å²) < 4.78 is 10.4. The number of aryl methyl sites for hydroxylation is 1. The highest BCUT2D eigenvalue weighted by Gasteiger charge is 2.30. The molecule has 1 aromatic carbocycles. The molecule has 1 saturated heterocycles. The first-order valence-electron chi connectivity index (χ1n) is 8.84. The van der Waals surface area contributed by atoms with Crippen LogP contribution in [0.2, 0.25) is 0 Å². The van der Waals surface area contributed by atoms with Crippen LogP contribution in [0.1, 0.15) is 25.5 Å². The van der Waals surface area contributed by atoms with E-state index in [1.807, 2.05) is 30.3 Å². The van der Waals surface area contributed by atoms with Crippen LogP contribution in [0.15, 0.2) is 34.9 Å². The molecule has 1 fully saturated rings. The third-order valence-electron chi connectivity index (χ3n) is 4.47. The SMILES string of the molecule is CCOC(=O)[C@H]1CCCN(C(=O)Nc2c(-c3ccccc3)noc2C)C1. The third-order valence-corrected chi connectivity index (χ3v) is 4.47. The zero-order valence-corrected chi connectivity index (χ0v) is 15.0. The van der Waals surface area contributed by atoms with E-state index in [4.69, 9.17) is 9.26 Å². The molecule has 1 atom stereocenters. The summed E-state index contributed by atoms with van der Waals surface area (Å²) in [7, 11) is 0. The molecule has 138 valence electrons. The second-order valence-corrected chi connectivity index (χ2v) is 6.30. The Bertz CT molecular complexity index is 772. The second-order valence-electron chi connectivity index (χ2n) is 6.30. The van der Waals surface area contributed by atoms with Gasteiger partial charge in [-0.2, -0.15) is 0 Å². The number of carbonyl (C=O) groups excluding carboxylic acids is 2. The van der Waals surface area contributed by atoms with Gasteiger partial charge in [0.15, 0.2) is 5.76 Å². The fraction of sp³-hybridized carbons (Fsp3) is 0.421. The lowest BCUT2D eigenvalue weighted by Crippen LogP contribution is -2.44. The number of aromatic nitrogens is 1. The smallest absolute Gasteiger partial charge is 0.322 e. The maximum absolute atomic E-state index is 12.7. The van der Waals surface area contributed by atoms with E-state index in [1.54, 1.807) is 18.7 Å². The molecule has 1 aliphatic heterocycles. The molecule has 26 heavy (non-hydrogen) atoms. The van der Waals surface area contributed by atoms with E-state index in [-0.39, 0.29) is 17.9 Å². The highest BCUT2D eigenvalue weighted by molar-refractivity contribution is 5.94. The molecule has 2 heterocycles. The molecule has 0 aliphatic carbocycles. The molecular formula is C19H23N3O4. The number of likely N-dealkylation sites (tertiary alicyclic amines) is 1. The molecule has 1 aliphatic rings. The van der Waals surface area contributed by atoms with Gasteiger partial charge in [0.2, 0.25) is 0 Å². The largest absolute Gasteiger partial charge is 0.466 e. The topological polar surface area (TPSA) is 84.7 Å². The Morgan fingerprint density at radius 3 is 2.85 bits per heavy atom. The van der Waals surface area contributed by atoms with Gasteiger partial charge in [-0.1, -0.05) is 35.5 Å². The van der Waals surface area contributed by atoms with Gasteiger partial charge < -0.3 is 19.5 Å². The monoisotopic (exact) mass is 357 g/mol. The lowest BCUT2D eigenvalue weighted by Gasteiger charge is -2.31. The van der Waals surface area contributed by atoms with E-state index in [2.05, 4.69) is 10.5 Å². The quantitative estimate of drug-likeness (QED) is 0.847. The van der Waals surface area contributed by atoms with Gasteiger partial charge in [-0.15, -0.1) is 0 Å². The van der Waals surface area contributed by atoms with E-state index in [0.29, 0.717) is 36.8 Å². The molecule has 1 N–H and O–H groups in total. The minimum Gasteiger partial charge on any atom is -0.466 e. The molecule has 0 spiro atoms. The van der Waals surface area contributed by atoms with Crippen LogP contribution in [0.3, 0.4) is 0 Å². The third kappa shape index (κ3) is 3.87. The van der Waals surface area contributed by atoms with Gasteiger partial charge in [-0.25, -0.2) is 4.79 Å². The summed E-state index contributed by atoms with van der Waals surface area (Å²) in [6.07, 6.45) is 1.51. The number of esters is 1. The number of benzene rings is 1. The summed E-state index contributed by atoms with van der Waals surface area (Å²) in [5.74, 6) is 0.0268. The number of nitrogens with one attached hydrogen (secondary N) is 1. The number of ether oxygens (including phenoxy) is 1. The van der Waals surface area contributed by atoms with Crippen LogP contribution in [0.4, 0.5) is 10.5 Å². The molecule has 1 aromatic heterocycles. The predicted octanol–water partition coefficient (Wildman–Crippen LogP) is 3.46. The molecule has 0 unspecified atom stereocenters. The van der Waals surface area contributed by atoms with Crippen molar-refractivity contribution in [1.82, 2.24) is 10.1 Å². The van der Waals surface area contributed by atoms with Crippen LogP contribution in [0, 0.1) is 12.8 Å². The highest BCUT2D eigenvalue weighted by atomic mass is 16.5. The Morgan fingerprint density at radius 2 is 2.12 bits per heavy atom. The van der Waals surface area contributed by atoms with Crippen molar-refractivity contribution < 1.29 is 18.8 Å². The van der Waals surface area contributed by atoms with E-state index in [1.165, 1.54) is 0 Å². The number of urea groups is 1. The number of hydrogen-bond acceptors (Lipinski definition) is 5. The molecular weight excluding hydrogens is 334 g/mol. The van der Waals surface area contributed by atoms with Gasteiger partial charge in [0.1, 0.15) is 11.4 Å². The van der Waals surface area contributed by atoms with Gasteiger partial charge >= 0.3 is 12.0 Å². The van der Waals surface area contributed by atoms with Gasteiger partial charge in [0.05, 0.1) is 12.5 Å². The Labute approximate surface area is 152 Å². The zero-order valence-electron chi connectivity index (χ0n) is 15.0. The van der Waals surface area contributed by atoms with Crippen LogP contribution < -0.4 is 5.32 Å². The number of anilines is 1. The van der Waals surface area contributed by atoms with Crippen molar-refractivity contribution in [1.29, 1.82) is 0 Å². The second kappa shape index (κ2) is 8.03. The number of nitrogens with zero attached hydrogens (tertiary/aromatic N) is 2. The molecule has 3 rings (SSSR count). The summed E-state index contributed by atoms with van der Waals surface area (Å²) in [6.45, 7) is 4.85. The van der Waals surface area contributed by atoms with Gasteiger partial charge in [-0.05, 0) is 26.7 Å². The Morgan fingerprint density at radius 1 is 1.35 bits per heavy atom. The van der Waals surface area contributed by atoms with E-state index in [0.717, 1.165) is 18.4 Å². The number of rotatable bonds is 4. The Kier molecular flexibility index (Phi) is 5.55. The van der Waals surface area contributed by atoms with Crippen LogP contribution in [0.25, 0.3) is 11.3 Å². The van der Waals surface area contributed by atoms with Crippen molar-refractivity contribution in [2.45, 2.75) is 26.7 Å². The van der Waals surface area contributed by atoms with Gasteiger partial charge in [0.25, 0.3) is 0 Å². The Hall–Kier alpha value is -2.83. The van der Waals surface area contributed by atoms with Crippen LogP contribution in [0.5, 0.6) is 0 Å². The summed E-state index contributed by atoms with van der Waals surface area (Å²) in [6, 6.07) is 9.27. The van der Waals surface area contributed by atoms with Gasteiger partial charge in [-0.3, -0.25) is 4.79 Å². The van der Waals surface area contributed by atoms with Crippen LogP contribution in [-0.2, 0) is 9.53 Å². The van der Waals surface area contributed by atoms with E-state index in [9.17, 15) is 9.59 Å². The molecule has 0 bridgehead atoms. The maximum atomic E-state index is 12.7. The number of carbonyl (C=O) groups is 2. The van der Waals surface area contributed by atoms with Crippen molar-refractivity contribution in [2.24, 2.45) is 5.92 Å². The standard InChI is InChI=1S/C19H23N3O4/c1-3-25-18(23)15-10-7-11-22(12-15)19(24)20-16-13(2)26-21-17(16)14-8-5-4-6-9-14/h4-6,8-9,15H,3,7,10-12H2,1-2H3,(H,20,24)/t15-/m0/s1. The normalized spacial score (nSPS) is 17.0. The first-order chi connectivity index (χ1) is 12.6. The molecule has 7 nitrogen and oxygen atoms in total.